The van der Waals surface area contributed by atoms with Gasteiger partial charge in [-0.2, -0.15) is 0 Å². The average Bonchev–Trinajstić information content (AvgIpc) is 2.70. The number of rotatable bonds is 2. The van der Waals surface area contributed by atoms with E-state index in [2.05, 4.69) is 33.1 Å². The number of para-hydroxylation sites is 1. The van der Waals surface area contributed by atoms with Crippen LogP contribution in [0.5, 0.6) is 0 Å². The Morgan fingerprint density at radius 2 is 2.06 bits per heavy atom. The third kappa shape index (κ3) is 1.68. The molecule has 1 aromatic carbocycles. The third-order valence-electron chi connectivity index (χ3n) is 3.07. The van der Waals surface area contributed by atoms with Crippen LogP contribution in [0.4, 0.5) is 17.2 Å². The molecule has 0 bridgehead atoms. The quantitative estimate of drug-likeness (QED) is 0.721. The molecule has 0 saturated heterocycles. The first-order valence-corrected chi connectivity index (χ1v) is 5.76. The maximum absolute atomic E-state index is 5.90. The first kappa shape index (κ1) is 10.7. The Kier molecular flexibility index (Phi) is 2.41. The molecule has 90 valence electrons. The number of hydrogen-bond acceptors (Lipinski definition) is 3. The van der Waals surface area contributed by atoms with E-state index in [1.165, 1.54) is 10.9 Å². The second-order valence-corrected chi connectivity index (χ2v) is 4.24. The van der Waals surface area contributed by atoms with Crippen molar-refractivity contribution in [1.29, 1.82) is 0 Å². The fraction of sp³-hybridized carbons (Fsp3) is 0.0714. The van der Waals surface area contributed by atoms with Gasteiger partial charge in [0.25, 0.3) is 0 Å². The van der Waals surface area contributed by atoms with Crippen molar-refractivity contribution < 1.29 is 0 Å². The van der Waals surface area contributed by atoms with Gasteiger partial charge >= 0.3 is 0 Å². The number of aromatic nitrogens is 2. The lowest BCUT2D eigenvalue weighted by atomic mass is 10.2. The number of nitrogens with zero attached hydrogens (tertiary/aromatic N) is 2. The van der Waals surface area contributed by atoms with Gasteiger partial charge < -0.3 is 15.6 Å². The summed E-state index contributed by atoms with van der Waals surface area (Å²) in [4.78, 5) is 4.07. The minimum absolute atomic E-state index is 0.690. The first-order chi connectivity index (χ1) is 8.75. The van der Waals surface area contributed by atoms with Gasteiger partial charge in [-0.15, -0.1) is 0 Å². The van der Waals surface area contributed by atoms with Crippen LogP contribution in [-0.4, -0.2) is 9.55 Å². The van der Waals surface area contributed by atoms with Crippen molar-refractivity contribution in [1.82, 2.24) is 9.55 Å². The molecule has 0 aliphatic carbocycles. The summed E-state index contributed by atoms with van der Waals surface area (Å²) in [6.45, 7) is 0. The summed E-state index contributed by atoms with van der Waals surface area (Å²) < 4.78 is 2.10. The van der Waals surface area contributed by atoms with E-state index in [4.69, 9.17) is 5.73 Å². The average molecular weight is 238 g/mol. The summed E-state index contributed by atoms with van der Waals surface area (Å²) >= 11 is 0. The van der Waals surface area contributed by atoms with E-state index in [9.17, 15) is 0 Å². The van der Waals surface area contributed by atoms with E-state index in [1.54, 1.807) is 18.5 Å². The highest BCUT2D eigenvalue weighted by Gasteiger charge is 2.06. The van der Waals surface area contributed by atoms with Gasteiger partial charge in [-0.25, -0.2) is 0 Å². The number of nitrogens with two attached hydrogens (primary N) is 1. The zero-order valence-electron chi connectivity index (χ0n) is 10.1. The van der Waals surface area contributed by atoms with Crippen molar-refractivity contribution >= 4 is 28.1 Å². The molecule has 2 heterocycles. The summed E-state index contributed by atoms with van der Waals surface area (Å²) in [7, 11) is 2.03. The summed E-state index contributed by atoms with van der Waals surface area (Å²) in [5.74, 6) is 0.996. The van der Waals surface area contributed by atoms with Crippen LogP contribution in [-0.2, 0) is 7.05 Å². The van der Waals surface area contributed by atoms with Crippen LogP contribution < -0.4 is 11.1 Å². The van der Waals surface area contributed by atoms with Crippen LogP contribution in [0, 0.1) is 0 Å². The summed E-state index contributed by atoms with van der Waals surface area (Å²) in [5, 5.41) is 4.50. The van der Waals surface area contributed by atoms with Crippen LogP contribution in [0.2, 0.25) is 0 Å². The number of anilines is 3. The fourth-order valence-corrected chi connectivity index (χ4v) is 2.06. The molecule has 0 fully saturated rings. The topological polar surface area (TPSA) is 55.9 Å². The van der Waals surface area contributed by atoms with Crippen LogP contribution in [0.15, 0.2) is 48.8 Å². The lowest BCUT2D eigenvalue weighted by molar-refractivity contribution is 0.977. The van der Waals surface area contributed by atoms with Crippen LogP contribution in [0.25, 0.3) is 10.9 Å². The number of pyridine rings is 1. The van der Waals surface area contributed by atoms with Gasteiger partial charge in [0.15, 0.2) is 0 Å². The molecule has 4 heteroatoms. The Hall–Kier alpha value is -2.49. The number of fused-ring (bicyclic) bond motifs is 1. The van der Waals surface area contributed by atoms with Crippen LogP contribution >= 0.6 is 0 Å². The zero-order chi connectivity index (χ0) is 12.5. The molecule has 0 unspecified atom stereocenters. The smallest absolute Gasteiger partial charge is 0.111 e. The minimum atomic E-state index is 0.690. The lowest BCUT2D eigenvalue weighted by Gasteiger charge is -2.09. The van der Waals surface area contributed by atoms with Gasteiger partial charge in [0.2, 0.25) is 0 Å². The number of benzene rings is 1. The molecule has 18 heavy (non-hydrogen) atoms. The van der Waals surface area contributed by atoms with Crippen molar-refractivity contribution in [3.05, 3.63) is 48.8 Å². The Labute approximate surface area is 105 Å². The Morgan fingerprint density at radius 3 is 2.83 bits per heavy atom. The molecule has 0 spiro atoms. The molecule has 0 aliphatic rings. The SMILES string of the molecule is Cn1c(Nc2cnccc2N)cc2ccccc21. The standard InChI is InChI=1S/C14H14N4/c1-18-13-5-3-2-4-10(13)8-14(18)17-12-9-16-7-6-11(12)15/h2-9,17H,1H3,(H2,15,16). The third-order valence-corrected chi connectivity index (χ3v) is 3.07. The minimum Gasteiger partial charge on any atom is -0.397 e. The molecule has 3 aromatic rings. The van der Waals surface area contributed by atoms with Crippen molar-refractivity contribution in [2.24, 2.45) is 7.05 Å². The molecular formula is C14H14N4. The van der Waals surface area contributed by atoms with E-state index in [0.717, 1.165) is 11.5 Å². The highest BCUT2D eigenvalue weighted by Crippen LogP contribution is 2.26. The van der Waals surface area contributed by atoms with Gasteiger partial charge in [0, 0.05) is 24.1 Å². The zero-order valence-corrected chi connectivity index (χ0v) is 10.1. The summed E-state index contributed by atoms with van der Waals surface area (Å²) in [6, 6.07) is 12.1. The Balaban J connectivity index is 2.06. The molecule has 0 radical (unpaired) electrons. The molecule has 0 saturated carbocycles. The van der Waals surface area contributed by atoms with E-state index >= 15 is 0 Å². The monoisotopic (exact) mass is 238 g/mol. The largest absolute Gasteiger partial charge is 0.397 e. The fourth-order valence-electron chi connectivity index (χ4n) is 2.06. The molecule has 3 N–H and O–H groups in total. The van der Waals surface area contributed by atoms with Crippen LogP contribution in [0.1, 0.15) is 0 Å². The van der Waals surface area contributed by atoms with Gasteiger partial charge in [0.05, 0.1) is 17.6 Å². The second kappa shape index (κ2) is 4.07. The summed E-state index contributed by atoms with van der Waals surface area (Å²) in [5.41, 5.74) is 8.60. The predicted molar refractivity (Wildman–Crippen MR) is 74.9 cm³/mol. The molecule has 0 amide bonds. The van der Waals surface area contributed by atoms with Gasteiger partial charge in [-0.1, -0.05) is 18.2 Å². The van der Waals surface area contributed by atoms with Crippen molar-refractivity contribution in [2.75, 3.05) is 11.1 Å². The lowest BCUT2D eigenvalue weighted by Crippen LogP contribution is -2.00. The molecule has 2 aromatic heterocycles. The van der Waals surface area contributed by atoms with Gasteiger partial charge in [0.1, 0.15) is 5.82 Å². The Morgan fingerprint density at radius 1 is 1.22 bits per heavy atom. The van der Waals surface area contributed by atoms with E-state index in [0.29, 0.717) is 5.69 Å². The van der Waals surface area contributed by atoms with Crippen molar-refractivity contribution in [3.63, 3.8) is 0 Å². The molecule has 4 nitrogen and oxygen atoms in total. The number of hydrogen-bond donors (Lipinski definition) is 2. The molecule has 0 aliphatic heterocycles. The van der Waals surface area contributed by atoms with E-state index < -0.39 is 0 Å². The highest BCUT2D eigenvalue weighted by molar-refractivity contribution is 5.86. The number of nitrogen functional groups attached to an aromatic ring is 1. The first-order valence-electron chi connectivity index (χ1n) is 5.76. The Bertz CT molecular complexity index is 700. The maximum atomic E-state index is 5.90. The normalized spacial score (nSPS) is 10.7. The molecule has 0 atom stereocenters. The van der Waals surface area contributed by atoms with E-state index in [-0.39, 0.29) is 0 Å². The molecule has 3 rings (SSSR count). The number of nitrogens with one attached hydrogen (secondary N) is 1. The predicted octanol–water partition coefficient (Wildman–Crippen LogP) is 2.90. The van der Waals surface area contributed by atoms with Crippen molar-refractivity contribution in [2.45, 2.75) is 0 Å². The highest BCUT2D eigenvalue weighted by atomic mass is 15.1. The molecular weight excluding hydrogens is 224 g/mol. The maximum Gasteiger partial charge on any atom is 0.111 e. The second-order valence-electron chi connectivity index (χ2n) is 4.24. The van der Waals surface area contributed by atoms with E-state index in [1.807, 2.05) is 19.2 Å². The summed E-state index contributed by atoms with van der Waals surface area (Å²) in [6.07, 6.45) is 3.41. The number of aryl methyl sites for hydroxylation is 1. The van der Waals surface area contributed by atoms with Crippen molar-refractivity contribution in [3.8, 4) is 0 Å². The van der Waals surface area contributed by atoms with Crippen LogP contribution in [0.3, 0.4) is 0 Å². The van der Waals surface area contributed by atoms with Gasteiger partial charge in [-0.05, 0) is 18.2 Å². The van der Waals surface area contributed by atoms with Gasteiger partial charge in [-0.3, -0.25) is 4.98 Å².